The van der Waals surface area contributed by atoms with Gasteiger partial charge in [0.05, 0.1) is 18.3 Å². The Hall–Kier alpha value is -3.35. The lowest BCUT2D eigenvalue weighted by Crippen LogP contribution is -2.60. The van der Waals surface area contributed by atoms with Crippen LogP contribution in [0.2, 0.25) is 0 Å². The highest BCUT2D eigenvalue weighted by Gasteiger charge is 2.36. The Morgan fingerprint density at radius 1 is 1.28 bits per heavy atom. The molecule has 36 heavy (non-hydrogen) atoms. The number of anilines is 1. The molecule has 0 atom stereocenters. The van der Waals surface area contributed by atoms with Gasteiger partial charge in [-0.2, -0.15) is 0 Å². The van der Waals surface area contributed by atoms with E-state index in [-0.39, 0.29) is 11.1 Å². The molecule has 0 unspecified atom stereocenters. The number of nitrogen functional groups attached to an aromatic ring is 1. The molecule has 0 bridgehead atoms. The van der Waals surface area contributed by atoms with E-state index in [1.807, 2.05) is 51.1 Å². The zero-order valence-electron chi connectivity index (χ0n) is 23.2. The average molecular weight is 496 g/mol. The van der Waals surface area contributed by atoms with Gasteiger partial charge in [0.1, 0.15) is 17.2 Å². The van der Waals surface area contributed by atoms with E-state index >= 15 is 0 Å². The van der Waals surface area contributed by atoms with E-state index in [0.717, 1.165) is 42.9 Å². The van der Waals surface area contributed by atoms with Crippen molar-refractivity contribution >= 4 is 17.2 Å². The molecule has 7 heteroatoms. The molecule has 1 aromatic rings. The maximum absolute atomic E-state index is 8.89. The summed E-state index contributed by atoms with van der Waals surface area (Å²) in [5.41, 5.74) is 8.83. The molecule has 0 amide bonds. The van der Waals surface area contributed by atoms with Crippen molar-refractivity contribution < 1.29 is 9.47 Å². The van der Waals surface area contributed by atoms with E-state index in [2.05, 4.69) is 49.0 Å². The third-order valence-electron chi connectivity index (χ3n) is 5.92. The van der Waals surface area contributed by atoms with Gasteiger partial charge in [-0.15, -0.1) is 0 Å². The molecule has 0 saturated carbocycles. The summed E-state index contributed by atoms with van der Waals surface area (Å²) in [4.78, 5) is 4.32. The van der Waals surface area contributed by atoms with Crippen LogP contribution in [0.25, 0.3) is 5.70 Å². The van der Waals surface area contributed by atoms with Gasteiger partial charge in [0.2, 0.25) is 0 Å². The van der Waals surface area contributed by atoms with E-state index in [0.29, 0.717) is 29.7 Å². The lowest BCUT2D eigenvalue weighted by atomic mass is 9.98. The summed E-state index contributed by atoms with van der Waals surface area (Å²) in [6.45, 7) is 22.7. The topological polar surface area (TPSA) is 86.8 Å². The van der Waals surface area contributed by atoms with Gasteiger partial charge in [-0.25, -0.2) is 0 Å². The number of hydrogen-bond acceptors (Lipinski definition) is 6. The molecular formula is C29H45N5O2. The van der Waals surface area contributed by atoms with Crippen LogP contribution >= 0.6 is 0 Å². The average Bonchev–Trinajstić information content (AvgIpc) is 2.77. The molecule has 198 valence electrons. The maximum atomic E-state index is 8.89. The highest BCUT2D eigenvalue weighted by Crippen LogP contribution is 2.29. The first-order chi connectivity index (χ1) is 16.8. The first kappa shape index (κ1) is 28.9. The molecule has 0 aromatic heterocycles. The van der Waals surface area contributed by atoms with Crippen LogP contribution in [-0.4, -0.2) is 53.5 Å². The van der Waals surface area contributed by atoms with Gasteiger partial charge in [0.15, 0.2) is 5.88 Å². The molecule has 1 heterocycles. The summed E-state index contributed by atoms with van der Waals surface area (Å²) >= 11 is 0. The van der Waals surface area contributed by atoms with Crippen molar-refractivity contribution in [3.63, 3.8) is 0 Å². The third kappa shape index (κ3) is 7.83. The second-order valence-corrected chi connectivity index (χ2v) is 10.7. The predicted octanol–water partition coefficient (Wildman–Crippen LogP) is 5.74. The van der Waals surface area contributed by atoms with Gasteiger partial charge in [-0.05, 0) is 71.9 Å². The van der Waals surface area contributed by atoms with Crippen molar-refractivity contribution in [2.45, 2.75) is 65.5 Å². The predicted molar refractivity (Wildman–Crippen MR) is 152 cm³/mol. The fourth-order valence-corrected chi connectivity index (χ4v) is 4.31. The van der Waals surface area contributed by atoms with Gasteiger partial charge >= 0.3 is 0 Å². The first-order valence-corrected chi connectivity index (χ1v) is 12.5. The van der Waals surface area contributed by atoms with Crippen LogP contribution in [0, 0.1) is 5.41 Å². The van der Waals surface area contributed by atoms with Crippen LogP contribution in [-0.2, 0) is 4.74 Å². The van der Waals surface area contributed by atoms with Crippen molar-refractivity contribution in [2.24, 2.45) is 0 Å². The Bertz CT molecular complexity index is 1020. The third-order valence-corrected chi connectivity index (χ3v) is 5.92. The lowest BCUT2D eigenvalue weighted by molar-refractivity contribution is -0.0431. The molecule has 0 radical (unpaired) electrons. The van der Waals surface area contributed by atoms with Crippen LogP contribution in [0.1, 0.15) is 59.9 Å². The molecule has 4 N–H and O–H groups in total. The highest BCUT2D eigenvalue weighted by atomic mass is 16.5. The summed E-state index contributed by atoms with van der Waals surface area (Å²) in [7, 11) is 1.61. The van der Waals surface area contributed by atoms with Crippen LogP contribution < -0.4 is 15.8 Å². The number of methoxy groups -OCH3 is 1. The number of nitrogens with zero attached hydrogens (tertiary/aromatic N) is 2. The molecule has 0 spiro atoms. The smallest absolute Gasteiger partial charge is 0.182 e. The number of piperazine rings is 1. The SMILES string of the molecule is C=C/C=C(\N/C(=C\C(=N)N1CCN(C(=C)OC(C)(C)C)C(C)(C)C1)CCC)c1ccc(N)c(OC)c1. The number of amidine groups is 1. The van der Waals surface area contributed by atoms with Crippen LogP contribution in [0.3, 0.4) is 0 Å². The zero-order valence-corrected chi connectivity index (χ0v) is 23.2. The Morgan fingerprint density at radius 2 is 1.97 bits per heavy atom. The normalized spacial score (nSPS) is 16.4. The molecule has 7 nitrogen and oxygen atoms in total. The van der Waals surface area contributed by atoms with Crippen LogP contribution in [0.4, 0.5) is 5.69 Å². The monoisotopic (exact) mass is 495 g/mol. The number of hydrogen-bond donors (Lipinski definition) is 3. The number of nitrogens with two attached hydrogens (primary N) is 1. The number of nitrogens with one attached hydrogen (secondary N) is 2. The fraction of sp³-hybridized carbons (Fsp3) is 0.483. The van der Waals surface area contributed by atoms with Crippen molar-refractivity contribution in [3.05, 3.63) is 66.7 Å². The standard InChI is InChI=1S/C29H45N5O2/c1-10-12-23(32-25(13-11-2)22-14-15-24(30)26(18-22)35-9)19-27(31)33-16-17-34(29(7,8)20-33)21(3)36-28(4,5)6/h11,13-15,18-19,31-32H,2-3,10,12,16-17,20,30H2,1,4-9H3/b23-19-,25-13-,31-27?. The second-order valence-electron chi connectivity index (χ2n) is 10.7. The van der Waals surface area contributed by atoms with Crippen molar-refractivity contribution in [3.8, 4) is 5.75 Å². The van der Waals surface area contributed by atoms with Gasteiger partial charge in [-0.1, -0.05) is 32.1 Å². The second kappa shape index (κ2) is 12.1. The van der Waals surface area contributed by atoms with Crippen molar-refractivity contribution in [1.29, 1.82) is 5.41 Å². The highest BCUT2D eigenvalue weighted by molar-refractivity contribution is 5.91. The minimum atomic E-state index is -0.300. The zero-order chi connectivity index (χ0) is 27.1. The molecule has 1 saturated heterocycles. The lowest BCUT2D eigenvalue weighted by Gasteiger charge is -2.49. The van der Waals surface area contributed by atoms with E-state index in [4.69, 9.17) is 20.6 Å². The number of benzene rings is 1. The Labute approximate surface area is 217 Å². The summed E-state index contributed by atoms with van der Waals surface area (Å²) in [6, 6.07) is 5.68. The Balaban J connectivity index is 2.22. The molecule has 0 aliphatic carbocycles. The molecule has 2 rings (SSSR count). The first-order valence-electron chi connectivity index (χ1n) is 12.5. The van der Waals surface area contributed by atoms with Crippen LogP contribution in [0.5, 0.6) is 5.75 Å². The van der Waals surface area contributed by atoms with Gasteiger partial charge < -0.3 is 30.3 Å². The number of allylic oxidation sites excluding steroid dienone is 3. The number of rotatable bonds is 10. The quantitative estimate of drug-likeness (QED) is 0.126. The summed E-state index contributed by atoms with van der Waals surface area (Å²) in [5.74, 6) is 1.78. The van der Waals surface area contributed by atoms with E-state index < -0.39 is 0 Å². The minimum Gasteiger partial charge on any atom is -0.495 e. The molecule has 1 aromatic carbocycles. The molecular weight excluding hydrogens is 450 g/mol. The van der Waals surface area contributed by atoms with Crippen molar-refractivity contribution in [1.82, 2.24) is 15.1 Å². The summed E-state index contributed by atoms with van der Waals surface area (Å²) in [6.07, 6.45) is 7.35. The van der Waals surface area contributed by atoms with E-state index in [9.17, 15) is 0 Å². The van der Waals surface area contributed by atoms with Gasteiger partial charge in [0.25, 0.3) is 0 Å². The van der Waals surface area contributed by atoms with E-state index in [1.54, 1.807) is 13.2 Å². The largest absolute Gasteiger partial charge is 0.495 e. The fourth-order valence-electron chi connectivity index (χ4n) is 4.31. The van der Waals surface area contributed by atoms with Crippen LogP contribution in [0.15, 0.2) is 61.2 Å². The van der Waals surface area contributed by atoms with Crippen molar-refractivity contribution in [2.75, 3.05) is 32.5 Å². The maximum Gasteiger partial charge on any atom is 0.182 e. The van der Waals surface area contributed by atoms with Gasteiger partial charge in [-0.3, -0.25) is 5.41 Å². The molecule has 1 fully saturated rings. The summed E-state index contributed by atoms with van der Waals surface area (Å²) in [5, 5.41) is 12.4. The van der Waals surface area contributed by atoms with E-state index in [1.165, 1.54) is 0 Å². The molecule has 1 aliphatic rings. The number of ether oxygens (including phenoxy) is 2. The Morgan fingerprint density at radius 3 is 2.53 bits per heavy atom. The molecule has 1 aliphatic heterocycles. The minimum absolute atomic E-state index is 0.229. The summed E-state index contributed by atoms with van der Waals surface area (Å²) < 4.78 is 11.4. The Kier molecular flexibility index (Phi) is 9.68. The van der Waals surface area contributed by atoms with Gasteiger partial charge in [0, 0.05) is 36.6 Å².